The predicted octanol–water partition coefficient (Wildman–Crippen LogP) is 1.68. The van der Waals surface area contributed by atoms with Gasteiger partial charge in [-0.25, -0.2) is 0 Å². The first-order valence-electron chi connectivity index (χ1n) is 5.43. The molecule has 2 atom stereocenters. The highest BCUT2D eigenvalue weighted by molar-refractivity contribution is 5.72. The number of aliphatic hydroxyl groups excluding tert-OH is 1. The third-order valence-electron chi connectivity index (χ3n) is 2.65. The van der Waals surface area contributed by atoms with Crippen molar-refractivity contribution in [1.82, 2.24) is 0 Å². The van der Waals surface area contributed by atoms with Crippen molar-refractivity contribution in [1.29, 1.82) is 0 Å². The molecule has 0 spiro atoms. The van der Waals surface area contributed by atoms with Crippen molar-refractivity contribution in [2.24, 2.45) is 5.92 Å². The Kier molecular flexibility index (Phi) is 5.12. The van der Waals surface area contributed by atoms with E-state index in [4.69, 9.17) is 4.74 Å². The molecule has 4 heteroatoms. The molecular weight excluding hydrogens is 220 g/mol. The zero-order chi connectivity index (χ0) is 12.8. The lowest BCUT2D eigenvalue weighted by molar-refractivity contribution is -0.148. The van der Waals surface area contributed by atoms with E-state index in [0.29, 0.717) is 12.2 Å². The number of carbonyl (C=O) groups is 1. The molecule has 0 saturated carbocycles. The van der Waals surface area contributed by atoms with Gasteiger partial charge >= 0.3 is 5.97 Å². The van der Waals surface area contributed by atoms with Crippen LogP contribution >= 0.6 is 0 Å². The molecule has 0 aliphatic carbocycles. The third kappa shape index (κ3) is 3.54. The van der Waals surface area contributed by atoms with Crippen molar-refractivity contribution in [3.05, 3.63) is 35.4 Å². The second-order valence-corrected chi connectivity index (χ2v) is 3.93. The van der Waals surface area contributed by atoms with Gasteiger partial charge in [-0.2, -0.15) is 0 Å². The Balaban J connectivity index is 2.84. The molecular formula is C13H18O4. The molecule has 0 aliphatic heterocycles. The summed E-state index contributed by atoms with van der Waals surface area (Å²) in [6.45, 7) is 2.12. The van der Waals surface area contributed by atoms with Crippen LogP contribution in [0.2, 0.25) is 0 Å². The maximum Gasteiger partial charge on any atom is 0.311 e. The number of aliphatic hydroxyl groups is 1. The van der Waals surface area contributed by atoms with E-state index in [-0.39, 0.29) is 0 Å². The highest BCUT2D eigenvalue weighted by Crippen LogP contribution is 2.23. The zero-order valence-corrected chi connectivity index (χ0v) is 10.3. The molecule has 1 rings (SSSR count). The molecule has 0 amide bonds. The van der Waals surface area contributed by atoms with Crippen LogP contribution < -0.4 is 0 Å². The average molecular weight is 238 g/mol. The van der Waals surface area contributed by atoms with Crippen LogP contribution in [-0.4, -0.2) is 25.3 Å². The van der Waals surface area contributed by atoms with E-state index < -0.39 is 18.0 Å². The summed E-state index contributed by atoms with van der Waals surface area (Å²) in [5, 5.41) is 10.0. The first-order valence-corrected chi connectivity index (χ1v) is 5.43. The van der Waals surface area contributed by atoms with Gasteiger partial charge in [0.2, 0.25) is 0 Å². The molecule has 0 saturated heterocycles. The van der Waals surface area contributed by atoms with Crippen LogP contribution in [0.25, 0.3) is 0 Å². The molecule has 1 N–H and O–H groups in total. The Bertz CT molecular complexity index is 375. The molecule has 0 radical (unpaired) electrons. The van der Waals surface area contributed by atoms with Crippen molar-refractivity contribution in [2.45, 2.75) is 19.6 Å². The summed E-state index contributed by atoms with van der Waals surface area (Å²) in [6.07, 6.45) is -0.862. The number of ether oxygens (including phenoxy) is 2. The van der Waals surface area contributed by atoms with Crippen LogP contribution in [0.15, 0.2) is 24.3 Å². The van der Waals surface area contributed by atoms with Crippen molar-refractivity contribution >= 4 is 5.97 Å². The van der Waals surface area contributed by atoms with E-state index in [1.807, 2.05) is 18.2 Å². The van der Waals surface area contributed by atoms with Crippen LogP contribution in [0, 0.1) is 5.92 Å². The highest BCUT2D eigenvalue weighted by atomic mass is 16.5. The maximum atomic E-state index is 11.3. The minimum absolute atomic E-state index is 0.422. The van der Waals surface area contributed by atoms with Crippen molar-refractivity contribution in [3.8, 4) is 0 Å². The molecule has 94 valence electrons. The summed E-state index contributed by atoms with van der Waals surface area (Å²) < 4.78 is 9.63. The van der Waals surface area contributed by atoms with Crippen molar-refractivity contribution in [3.63, 3.8) is 0 Å². The summed E-state index contributed by atoms with van der Waals surface area (Å²) in [5.41, 5.74) is 1.65. The molecule has 0 bridgehead atoms. The minimum atomic E-state index is -0.862. The molecule has 17 heavy (non-hydrogen) atoms. The van der Waals surface area contributed by atoms with E-state index in [9.17, 15) is 9.90 Å². The molecule has 1 aromatic rings. The fraction of sp³-hybridized carbons (Fsp3) is 0.462. The van der Waals surface area contributed by atoms with Crippen LogP contribution in [0.5, 0.6) is 0 Å². The monoisotopic (exact) mass is 238 g/mol. The van der Waals surface area contributed by atoms with Gasteiger partial charge in [-0.05, 0) is 18.1 Å². The van der Waals surface area contributed by atoms with Gasteiger partial charge in [-0.15, -0.1) is 0 Å². The second-order valence-electron chi connectivity index (χ2n) is 3.93. The summed E-state index contributed by atoms with van der Waals surface area (Å²) >= 11 is 0. The number of rotatable bonds is 5. The van der Waals surface area contributed by atoms with Gasteiger partial charge in [-0.3, -0.25) is 4.79 Å². The van der Waals surface area contributed by atoms with Crippen LogP contribution in [0.1, 0.15) is 24.2 Å². The number of benzene rings is 1. The molecule has 0 aromatic heterocycles. The van der Waals surface area contributed by atoms with Crippen LogP contribution in [0.3, 0.4) is 0 Å². The first kappa shape index (κ1) is 13.7. The number of carbonyl (C=O) groups excluding carboxylic acids is 1. The Morgan fingerprint density at radius 3 is 2.71 bits per heavy atom. The topological polar surface area (TPSA) is 55.8 Å². The standard InChI is InChI=1S/C13H18O4/c1-9(13(15)17-3)12(14)11-6-4-5-10(7-11)8-16-2/h4-7,9,12,14H,8H2,1-3H3. The maximum absolute atomic E-state index is 11.3. The Labute approximate surface area is 101 Å². The van der Waals surface area contributed by atoms with Gasteiger partial charge in [0.1, 0.15) is 0 Å². The molecule has 0 heterocycles. The smallest absolute Gasteiger partial charge is 0.311 e. The van der Waals surface area contributed by atoms with Gasteiger partial charge in [0.05, 0.1) is 25.7 Å². The summed E-state index contributed by atoms with van der Waals surface area (Å²) in [7, 11) is 2.92. The molecule has 0 aliphatic rings. The minimum Gasteiger partial charge on any atom is -0.469 e. The van der Waals surface area contributed by atoms with E-state index in [0.717, 1.165) is 5.56 Å². The lowest BCUT2D eigenvalue weighted by atomic mass is 9.96. The normalized spacial score (nSPS) is 14.1. The SMILES string of the molecule is COCc1cccc(C(O)C(C)C(=O)OC)c1. The van der Waals surface area contributed by atoms with E-state index in [1.165, 1.54) is 7.11 Å². The van der Waals surface area contributed by atoms with E-state index in [1.54, 1.807) is 20.1 Å². The summed E-state index contributed by atoms with van der Waals surface area (Å²) in [5.74, 6) is -1.01. The van der Waals surface area contributed by atoms with Crippen molar-refractivity contribution in [2.75, 3.05) is 14.2 Å². The van der Waals surface area contributed by atoms with Gasteiger partial charge in [0.15, 0.2) is 0 Å². The predicted molar refractivity (Wildman–Crippen MR) is 63.3 cm³/mol. The molecule has 4 nitrogen and oxygen atoms in total. The van der Waals surface area contributed by atoms with Gasteiger partial charge in [-0.1, -0.05) is 24.3 Å². The number of methoxy groups -OCH3 is 2. The van der Waals surface area contributed by atoms with Gasteiger partial charge < -0.3 is 14.6 Å². The Hall–Kier alpha value is -1.39. The van der Waals surface area contributed by atoms with Crippen LogP contribution in [0.4, 0.5) is 0 Å². The zero-order valence-electron chi connectivity index (χ0n) is 10.3. The quantitative estimate of drug-likeness (QED) is 0.793. The molecule has 1 aromatic carbocycles. The molecule has 0 fully saturated rings. The largest absolute Gasteiger partial charge is 0.469 e. The average Bonchev–Trinajstić information content (AvgIpc) is 2.36. The van der Waals surface area contributed by atoms with Crippen LogP contribution in [-0.2, 0) is 20.9 Å². The van der Waals surface area contributed by atoms with E-state index in [2.05, 4.69) is 4.74 Å². The van der Waals surface area contributed by atoms with Gasteiger partial charge in [0, 0.05) is 7.11 Å². The second kappa shape index (κ2) is 6.37. The fourth-order valence-electron chi connectivity index (χ4n) is 1.64. The van der Waals surface area contributed by atoms with E-state index >= 15 is 0 Å². The van der Waals surface area contributed by atoms with Crippen molar-refractivity contribution < 1.29 is 19.4 Å². The lowest BCUT2D eigenvalue weighted by Gasteiger charge is -2.17. The Morgan fingerprint density at radius 1 is 1.41 bits per heavy atom. The third-order valence-corrected chi connectivity index (χ3v) is 2.65. The summed E-state index contributed by atoms with van der Waals surface area (Å²) in [4.78, 5) is 11.3. The first-order chi connectivity index (χ1) is 8.10. The summed E-state index contributed by atoms with van der Waals surface area (Å²) in [6, 6.07) is 7.34. The number of esters is 1. The number of hydrogen-bond donors (Lipinski definition) is 1. The lowest BCUT2D eigenvalue weighted by Crippen LogP contribution is -2.20. The number of hydrogen-bond acceptors (Lipinski definition) is 4. The fourth-order valence-corrected chi connectivity index (χ4v) is 1.64. The highest BCUT2D eigenvalue weighted by Gasteiger charge is 2.24. The Morgan fingerprint density at radius 2 is 2.12 bits per heavy atom. The molecule has 2 unspecified atom stereocenters. The van der Waals surface area contributed by atoms with Gasteiger partial charge in [0.25, 0.3) is 0 Å².